The van der Waals surface area contributed by atoms with Crippen molar-refractivity contribution in [3.8, 4) is 11.5 Å². The van der Waals surface area contributed by atoms with Crippen molar-refractivity contribution < 1.29 is 19.4 Å². The molecule has 0 fully saturated rings. The third kappa shape index (κ3) is 3.06. The van der Waals surface area contributed by atoms with Crippen molar-refractivity contribution in [3.63, 3.8) is 0 Å². The third-order valence-corrected chi connectivity index (χ3v) is 1.45. The number of carbonyl (C=O) groups is 1. The van der Waals surface area contributed by atoms with Crippen molar-refractivity contribution in [1.82, 2.24) is 0 Å². The van der Waals surface area contributed by atoms with E-state index in [1.165, 1.54) is 6.92 Å². The van der Waals surface area contributed by atoms with Crippen molar-refractivity contribution in [2.24, 2.45) is 0 Å². The first-order valence-corrected chi connectivity index (χ1v) is 4.25. The van der Waals surface area contributed by atoms with Gasteiger partial charge in [0.2, 0.25) is 0 Å². The van der Waals surface area contributed by atoms with Crippen LogP contribution in [-0.2, 0) is 4.79 Å². The Hall–Kier alpha value is -1.55. The average Bonchev–Trinajstić information content (AvgIpc) is 2.16. The molecule has 14 heavy (non-hydrogen) atoms. The summed E-state index contributed by atoms with van der Waals surface area (Å²) >= 11 is 0. The Bertz CT molecular complexity index is 309. The van der Waals surface area contributed by atoms with Crippen LogP contribution in [-0.4, -0.2) is 24.3 Å². The van der Waals surface area contributed by atoms with Crippen molar-refractivity contribution in [3.05, 3.63) is 24.3 Å². The van der Waals surface area contributed by atoms with Crippen LogP contribution in [0.5, 0.6) is 11.5 Å². The van der Waals surface area contributed by atoms with Crippen LogP contribution in [0.3, 0.4) is 0 Å². The molecule has 0 atom stereocenters. The molecule has 0 aliphatic carbocycles. The summed E-state index contributed by atoms with van der Waals surface area (Å²) in [5.74, 6) is 0.426. The highest BCUT2D eigenvalue weighted by Gasteiger charge is 2.05. The Morgan fingerprint density at radius 3 is 2.57 bits per heavy atom. The van der Waals surface area contributed by atoms with Crippen LogP contribution in [0, 0.1) is 0 Å². The minimum absolute atomic E-state index is 0.0750. The molecular weight excluding hydrogens is 184 g/mol. The molecule has 0 aliphatic rings. The summed E-state index contributed by atoms with van der Waals surface area (Å²) < 4.78 is 10.1. The largest absolute Gasteiger partial charge is 0.487 e. The third-order valence-electron chi connectivity index (χ3n) is 1.45. The molecule has 4 heteroatoms. The molecule has 0 bridgehead atoms. The highest BCUT2D eigenvalue weighted by atomic mass is 16.6. The first kappa shape index (κ1) is 10.5. The molecule has 1 aromatic rings. The normalized spacial score (nSPS) is 9.57. The molecule has 0 spiro atoms. The number of hydrogen-bond donors (Lipinski definition) is 1. The van der Waals surface area contributed by atoms with Gasteiger partial charge in [-0.2, -0.15) is 0 Å². The Balaban J connectivity index is 2.74. The van der Waals surface area contributed by atoms with E-state index in [1.54, 1.807) is 24.3 Å². The second-order valence-corrected chi connectivity index (χ2v) is 2.61. The summed E-state index contributed by atoms with van der Waals surface area (Å²) in [4.78, 5) is 10.7. The van der Waals surface area contributed by atoms with E-state index < -0.39 is 5.97 Å². The number of aliphatic hydroxyl groups is 1. The van der Waals surface area contributed by atoms with Gasteiger partial charge in [-0.25, -0.2) is 0 Å². The second kappa shape index (κ2) is 5.24. The number of rotatable bonds is 4. The zero-order valence-electron chi connectivity index (χ0n) is 7.90. The Morgan fingerprint density at radius 2 is 2.00 bits per heavy atom. The summed E-state index contributed by atoms with van der Waals surface area (Å²) in [6.07, 6.45) is 0. The van der Waals surface area contributed by atoms with Gasteiger partial charge in [-0.05, 0) is 12.1 Å². The van der Waals surface area contributed by atoms with Gasteiger partial charge in [0.25, 0.3) is 0 Å². The van der Waals surface area contributed by atoms with Gasteiger partial charge in [-0.1, -0.05) is 12.1 Å². The van der Waals surface area contributed by atoms with E-state index in [-0.39, 0.29) is 13.2 Å². The monoisotopic (exact) mass is 196 g/mol. The molecule has 0 aliphatic heterocycles. The molecule has 0 heterocycles. The summed E-state index contributed by atoms with van der Waals surface area (Å²) in [6, 6.07) is 6.81. The van der Waals surface area contributed by atoms with Crippen molar-refractivity contribution >= 4 is 5.97 Å². The van der Waals surface area contributed by atoms with Crippen LogP contribution in [0.4, 0.5) is 0 Å². The predicted molar refractivity (Wildman–Crippen MR) is 50.3 cm³/mol. The quantitative estimate of drug-likeness (QED) is 0.576. The summed E-state index contributed by atoms with van der Waals surface area (Å²) in [5.41, 5.74) is 0. The Labute approximate surface area is 82.1 Å². The molecule has 0 saturated carbocycles. The number of para-hydroxylation sites is 2. The molecular formula is C10H12O4. The zero-order valence-corrected chi connectivity index (χ0v) is 7.90. The van der Waals surface area contributed by atoms with E-state index in [0.717, 1.165) is 0 Å². The van der Waals surface area contributed by atoms with E-state index in [1.807, 2.05) is 0 Å². The molecule has 76 valence electrons. The summed E-state index contributed by atoms with van der Waals surface area (Å²) in [5, 5.41) is 8.57. The first-order valence-electron chi connectivity index (χ1n) is 4.25. The highest BCUT2D eigenvalue weighted by Crippen LogP contribution is 2.26. The maximum atomic E-state index is 10.7. The number of carbonyl (C=O) groups excluding carboxylic acids is 1. The number of ether oxygens (including phenoxy) is 2. The van der Waals surface area contributed by atoms with Crippen LogP contribution in [0.2, 0.25) is 0 Å². The van der Waals surface area contributed by atoms with Gasteiger partial charge in [-0.3, -0.25) is 4.79 Å². The Morgan fingerprint density at radius 1 is 1.36 bits per heavy atom. The fourth-order valence-corrected chi connectivity index (χ4v) is 0.964. The van der Waals surface area contributed by atoms with Gasteiger partial charge < -0.3 is 14.6 Å². The van der Waals surface area contributed by atoms with E-state index >= 15 is 0 Å². The van der Waals surface area contributed by atoms with Crippen molar-refractivity contribution in [1.29, 1.82) is 0 Å². The van der Waals surface area contributed by atoms with E-state index in [0.29, 0.717) is 11.5 Å². The van der Waals surface area contributed by atoms with Crippen LogP contribution in [0.1, 0.15) is 6.92 Å². The lowest BCUT2D eigenvalue weighted by Crippen LogP contribution is -2.06. The van der Waals surface area contributed by atoms with Crippen LogP contribution < -0.4 is 9.47 Å². The minimum Gasteiger partial charge on any atom is -0.487 e. The fraction of sp³-hybridized carbons (Fsp3) is 0.300. The molecule has 0 aromatic heterocycles. The van der Waals surface area contributed by atoms with Gasteiger partial charge in [-0.15, -0.1) is 0 Å². The van der Waals surface area contributed by atoms with Crippen LogP contribution >= 0.6 is 0 Å². The molecule has 1 aromatic carbocycles. The molecule has 0 amide bonds. The molecule has 0 unspecified atom stereocenters. The van der Waals surface area contributed by atoms with E-state index in [2.05, 4.69) is 0 Å². The summed E-state index contributed by atoms with van der Waals surface area (Å²) in [7, 11) is 0. The van der Waals surface area contributed by atoms with Crippen molar-refractivity contribution in [2.45, 2.75) is 6.92 Å². The maximum absolute atomic E-state index is 10.7. The Kier molecular flexibility index (Phi) is 3.94. The molecule has 1 rings (SSSR count). The van der Waals surface area contributed by atoms with Gasteiger partial charge in [0.1, 0.15) is 6.61 Å². The lowest BCUT2D eigenvalue weighted by molar-refractivity contribution is -0.132. The number of aliphatic hydroxyl groups excluding tert-OH is 1. The van der Waals surface area contributed by atoms with Gasteiger partial charge in [0, 0.05) is 6.92 Å². The fourth-order valence-electron chi connectivity index (χ4n) is 0.964. The van der Waals surface area contributed by atoms with E-state index in [9.17, 15) is 4.79 Å². The summed E-state index contributed by atoms with van der Waals surface area (Å²) in [6.45, 7) is 1.43. The molecule has 4 nitrogen and oxygen atoms in total. The lowest BCUT2D eigenvalue weighted by atomic mass is 10.3. The van der Waals surface area contributed by atoms with Crippen LogP contribution in [0.25, 0.3) is 0 Å². The first-order chi connectivity index (χ1) is 6.74. The number of hydrogen-bond acceptors (Lipinski definition) is 4. The standard InChI is InChI=1S/C10H12O4/c1-8(12)14-10-5-3-2-4-9(10)13-7-6-11/h2-5,11H,6-7H2,1H3. The van der Waals surface area contributed by atoms with Gasteiger partial charge >= 0.3 is 5.97 Å². The van der Waals surface area contributed by atoms with Crippen LogP contribution in [0.15, 0.2) is 24.3 Å². The predicted octanol–water partition coefficient (Wildman–Crippen LogP) is 0.983. The highest BCUT2D eigenvalue weighted by molar-refractivity contribution is 5.70. The SMILES string of the molecule is CC(=O)Oc1ccccc1OCCO. The van der Waals surface area contributed by atoms with Gasteiger partial charge in [0.15, 0.2) is 11.5 Å². The molecule has 1 N–H and O–H groups in total. The zero-order chi connectivity index (χ0) is 10.4. The molecule has 0 saturated heterocycles. The smallest absolute Gasteiger partial charge is 0.308 e. The molecule has 0 radical (unpaired) electrons. The van der Waals surface area contributed by atoms with Crippen molar-refractivity contribution in [2.75, 3.05) is 13.2 Å². The second-order valence-electron chi connectivity index (χ2n) is 2.61. The maximum Gasteiger partial charge on any atom is 0.308 e. The minimum atomic E-state index is -0.398. The van der Waals surface area contributed by atoms with E-state index in [4.69, 9.17) is 14.6 Å². The lowest BCUT2D eigenvalue weighted by Gasteiger charge is -2.08. The van der Waals surface area contributed by atoms with Gasteiger partial charge in [0.05, 0.1) is 6.61 Å². The topological polar surface area (TPSA) is 55.8 Å². The number of benzene rings is 1. The average molecular weight is 196 g/mol. The number of esters is 1.